The molecule has 2 aliphatic rings. The van der Waals surface area contributed by atoms with Gasteiger partial charge in [-0.2, -0.15) is 9.40 Å². The van der Waals surface area contributed by atoms with Gasteiger partial charge in [0.2, 0.25) is 10.0 Å². The van der Waals surface area contributed by atoms with Gasteiger partial charge in [0, 0.05) is 37.9 Å². The number of aromatic nitrogens is 2. The van der Waals surface area contributed by atoms with Crippen molar-refractivity contribution in [2.75, 3.05) is 26.3 Å². The van der Waals surface area contributed by atoms with Crippen molar-refractivity contribution in [2.24, 2.45) is 5.41 Å². The van der Waals surface area contributed by atoms with Crippen LogP contribution in [0.15, 0.2) is 17.3 Å². The Morgan fingerprint density at radius 2 is 2.29 bits per heavy atom. The van der Waals surface area contributed by atoms with Gasteiger partial charge in [-0.1, -0.05) is 6.92 Å². The van der Waals surface area contributed by atoms with Crippen LogP contribution in [-0.2, 0) is 21.3 Å². The quantitative estimate of drug-likeness (QED) is 0.844. The number of sulfonamides is 1. The molecule has 0 unspecified atom stereocenters. The SMILES string of the molecule is CCCn1cc(S(=O)(=O)N2CCC[C@@]3(CCOC3)C2)cn1. The summed E-state index contributed by atoms with van der Waals surface area (Å²) in [6, 6.07) is 0. The fourth-order valence-corrected chi connectivity index (χ4v) is 4.86. The number of rotatable bonds is 4. The number of piperidine rings is 1. The highest BCUT2D eigenvalue weighted by atomic mass is 32.2. The number of hydrogen-bond acceptors (Lipinski definition) is 4. The molecule has 0 aliphatic carbocycles. The monoisotopic (exact) mass is 313 g/mol. The average Bonchev–Trinajstić information content (AvgIpc) is 3.10. The minimum Gasteiger partial charge on any atom is -0.381 e. The largest absolute Gasteiger partial charge is 0.381 e. The molecule has 7 heteroatoms. The molecule has 3 heterocycles. The van der Waals surface area contributed by atoms with E-state index in [1.54, 1.807) is 15.2 Å². The normalized spacial score (nSPS) is 27.5. The van der Waals surface area contributed by atoms with E-state index in [1.807, 2.05) is 6.92 Å². The summed E-state index contributed by atoms with van der Waals surface area (Å²) in [5.74, 6) is 0. The van der Waals surface area contributed by atoms with Gasteiger partial charge >= 0.3 is 0 Å². The number of nitrogens with zero attached hydrogens (tertiary/aromatic N) is 3. The van der Waals surface area contributed by atoms with Crippen molar-refractivity contribution in [3.05, 3.63) is 12.4 Å². The van der Waals surface area contributed by atoms with Crippen molar-refractivity contribution in [3.8, 4) is 0 Å². The van der Waals surface area contributed by atoms with Gasteiger partial charge in [0.1, 0.15) is 4.90 Å². The third-order valence-corrected chi connectivity index (χ3v) is 6.31. The Kier molecular flexibility index (Phi) is 4.07. The van der Waals surface area contributed by atoms with Gasteiger partial charge in [-0.05, 0) is 25.7 Å². The van der Waals surface area contributed by atoms with Gasteiger partial charge in [0.05, 0.1) is 12.8 Å². The van der Waals surface area contributed by atoms with Crippen LogP contribution in [0.2, 0.25) is 0 Å². The van der Waals surface area contributed by atoms with Gasteiger partial charge in [-0.25, -0.2) is 8.42 Å². The third kappa shape index (κ3) is 2.86. The molecule has 2 aliphatic heterocycles. The number of aryl methyl sites for hydroxylation is 1. The second kappa shape index (κ2) is 5.70. The second-order valence-corrected chi connectivity index (χ2v) is 8.12. The zero-order valence-electron chi connectivity index (χ0n) is 12.5. The summed E-state index contributed by atoms with van der Waals surface area (Å²) in [5, 5.41) is 4.14. The fraction of sp³-hybridized carbons (Fsp3) is 0.786. The summed E-state index contributed by atoms with van der Waals surface area (Å²) in [5.41, 5.74) is 0.0325. The van der Waals surface area contributed by atoms with Crippen LogP contribution in [0, 0.1) is 5.41 Å². The lowest BCUT2D eigenvalue weighted by molar-refractivity contribution is 0.105. The summed E-state index contributed by atoms with van der Waals surface area (Å²) in [4.78, 5) is 0.312. The Hall–Kier alpha value is -0.920. The predicted octanol–water partition coefficient (Wildman–Crippen LogP) is 1.48. The van der Waals surface area contributed by atoms with Gasteiger partial charge in [0.15, 0.2) is 0 Å². The predicted molar refractivity (Wildman–Crippen MR) is 78.4 cm³/mol. The van der Waals surface area contributed by atoms with E-state index in [9.17, 15) is 8.42 Å². The Morgan fingerprint density at radius 3 is 3.00 bits per heavy atom. The first-order chi connectivity index (χ1) is 10.1. The van der Waals surface area contributed by atoms with Crippen LogP contribution in [0.4, 0.5) is 0 Å². The summed E-state index contributed by atoms with van der Waals surface area (Å²) >= 11 is 0. The van der Waals surface area contributed by atoms with E-state index in [0.717, 1.165) is 38.8 Å². The number of hydrogen-bond donors (Lipinski definition) is 0. The lowest BCUT2D eigenvalue weighted by atomic mass is 9.80. The highest BCUT2D eigenvalue weighted by Gasteiger charge is 2.42. The minimum atomic E-state index is -3.43. The molecule has 1 aromatic heterocycles. The number of ether oxygens (including phenoxy) is 1. The molecular weight excluding hydrogens is 290 g/mol. The highest BCUT2D eigenvalue weighted by Crippen LogP contribution is 2.39. The highest BCUT2D eigenvalue weighted by molar-refractivity contribution is 7.89. The van der Waals surface area contributed by atoms with Crippen LogP contribution in [0.3, 0.4) is 0 Å². The molecule has 0 saturated carbocycles. The van der Waals surface area contributed by atoms with E-state index in [4.69, 9.17) is 4.74 Å². The molecule has 0 amide bonds. The van der Waals surface area contributed by atoms with Crippen molar-refractivity contribution in [2.45, 2.75) is 44.0 Å². The van der Waals surface area contributed by atoms with E-state index in [2.05, 4.69) is 5.10 Å². The molecule has 1 aromatic rings. The molecule has 1 atom stereocenters. The Bertz CT molecular complexity index is 590. The van der Waals surface area contributed by atoms with Crippen LogP contribution in [0.25, 0.3) is 0 Å². The van der Waals surface area contributed by atoms with E-state index in [0.29, 0.717) is 24.6 Å². The van der Waals surface area contributed by atoms with E-state index in [1.165, 1.54) is 6.20 Å². The standard InChI is InChI=1S/C14H23N3O3S/c1-2-6-16-10-13(9-15-16)21(18,19)17-7-3-4-14(11-17)5-8-20-12-14/h9-10H,2-8,11-12H2,1H3/t14-/m1/s1. The van der Waals surface area contributed by atoms with Crippen LogP contribution < -0.4 is 0 Å². The molecule has 2 fully saturated rings. The Morgan fingerprint density at radius 1 is 1.43 bits per heavy atom. The van der Waals surface area contributed by atoms with Crippen molar-refractivity contribution < 1.29 is 13.2 Å². The smallest absolute Gasteiger partial charge is 0.246 e. The first-order valence-electron chi connectivity index (χ1n) is 7.66. The van der Waals surface area contributed by atoms with Crippen molar-refractivity contribution in [3.63, 3.8) is 0 Å². The van der Waals surface area contributed by atoms with E-state index < -0.39 is 10.0 Å². The van der Waals surface area contributed by atoms with Crippen LogP contribution in [0.5, 0.6) is 0 Å². The summed E-state index contributed by atoms with van der Waals surface area (Å²) < 4.78 is 34.4. The van der Waals surface area contributed by atoms with Crippen molar-refractivity contribution in [1.82, 2.24) is 14.1 Å². The molecule has 0 aromatic carbocycles. The maximum absolute atomic E-state index is 12.8. The summed E-state index contributed by atoms with van der Waals surface area (Å²) in [7, 11) is -3.43. The lowest BCUT2D eigenvalue weighted by Gasteiger charge is -2.38. The Balaban J connectivity index is 1.80. The first-order valence-corrected chi connectivity index (χ1v) is 9.10. The summed E-state index contributed by atoms with van der Waals surface area (Å²) in [6.07, 6.45) is 6.99. The zero-order chi connectivity index (χ0) is 14.9. The van der Waals surface area contributed by atoms with Crippen molar-refractivity contribution >= 4 is 10.0 Å². The van der Waals surface area contributed by atoms with Gasteiger partial charge in [-0.15, -0.1) is 0 Å². The minimum absolute atomic E-state index is 0.0325. The molecule has 2 saturated heterocycles. The molecular formula is C14H23N3O3S. The van der Waals surface area contributed by atoms with E-state index >= 15 is 0 Å². The van der Waals surface area contributed by atoms with Crippen LogP contribution in [0.1, 0.15) is 32.6 Å². The zero-order valence-corrected chi connectivity index (χ0v) is 13.3. The van der Waals surface area contributed by atoms with Gasteiger partial charge in [0.25, 0.3) is 0 Å². The lowest BCUT2D eigenvalue weighted by Crippen LogP contribution is -2.46. The molecule has 6 nitrogen and oxygen atoms in total. The molecule has 0 N–H and O–H groups in total. The molecule has 1 spiro atoms. The molecule has 0 bridgehead atoms. The van der Waals surface area contributed by atoms with Gasteiger partial charge in [-0.3, -0.25) is 4.68 Å². The van der Waals surface area contributed by atoms with Gasteiger partial charge < -0.3 is 4.74 Å². The fourth-order valence-electron chi connectivity index (χ4n) is 3.32. The van der Waals surface area contributed by atoms with Crippen LogP contribution >= 0.6 is 0 Å². The van der Waals surface area contributed by atoms with Crippen LogP contribution in [-0.4, -0.2) is 48.8 Å². The van der Waals surface area contributed by atoms with E-state index in [-0.39, 0.29) is 5.41 Å². The molecule has 21 heavy (non-hydrogen) atoms. The van der Waals surface area contributed by atoms with Crippen molar-refractivity contribution in [1.29, 1.82) is 0 Å². The molecule has 0 radical (unpaired) electrons. The first kappa shape index (κ1) is 15.0. The second-order valence-electron chi connectivity index (χ2n) is 6.18. The molecule has 3 rings (SSSR count). The topological polar surface area (TPSA) is 64.4 Å². The molecule has 118 valence electrons. The maximum atomic E-state index is 12.8. The average molecular weight is 313 g/mol. The summed E-state index contributed by atoms with van der Waals surface area (Å²) in [6.45, 7) is 5.41. The third-order valence-electron chi connectivity index (χ3n) is 4.51. The maximum Gasteiger partial charge on any atom is 0.246 e. The Labute approximate surface area is 126 Å².